The van der Waals surface area contributed by atoms with Crippen molar-refractivity contribution in [3.63, 3.8) is 0 Å². The number of fused-ring (bicyclic) bond motifs is 1. The van der Waals surface area contributed by atoms with Crippen LogP contribution in [0.15, 0.2) is 24.3 Å². The zero-order chi connectivity index (χ0) is 13.2. The monoisotopic (exact) mass is 262 g/mol. The number of hydrogen-bond acceptors (Lipinski definition) is 2. The van der Waals surface area contributed by atoms with Gasteiger partial charge in [0.2, 0.25) is 0 Å². The van der Waals surface area contributed by atoms with E-state index in [0.717, 1.165) is 5.56 Å². The second-order valence-corrected chi connectivity index (χ2v) is 5.94. The predicted octanol–water partition coefficient (Wildman–Crippen LogP) is 3.10. The summed E-state index contributed by atoms with van der Waals surface area (Å²) in [5, 5.41) is 3.71. The number of benzene rings is 1. The molecule has 1 N–H and O–H groups in total. The normalized spacial score (nSPS) is 29.2. The van der Waals surface area contributed by atoms with Gasteiger partial charge in [-0.25, -0.2) is 4.39 Å². The van der Waals surface area contributed by atoms with Crippen LogP contribution in [0.4, 0.5) is 4.39 Å². The Morgan fingerprint density at radius 2 is 2.16 bits per heavy atom. The summed E-state index contributed by atoms with van der Waals surface area (Å²) in [7, 11) is 0. The first-order valence-corrected chi connectivity index (χ1v) is 7.49. The Kier molecular flexibility index (Phi) is 3.85. The fraction of sp³-hybridized carbons (Fsp3) is 0.625. The molecule has 0 aliphatic carbocycles. The molecule has 2 aliphatic rings. The molecule has 19 heavy (non-hydrogen) atoms. The fourth-order valence-electron chi connectivity index (χ4n) is 3.64. The van der Waals surface area contributed by atoms with Crippen molar-refractivity contribution in [3.05, 3.63) is 35.6 Å². The van der Waals surface area contributed by atoms with Crippen LogP contribution in [0, 0.1) is 5.82 Å². The van der Waals surface area contributed by atoms with E-state index in [9.17, 15) is 4.39 Å². The molecule has 2 unspecified atom stereocenters. The van der Waals surface area contributed by atoms with Crippen LogP contribution in [-0.2, 0) is 0 Å². The zero-order valence-corrected chi connectivity index (χ0v) is 11.6. The molecule has 2 heterocycles. The van der Waals surface area contributed by atoms with E-state index in [-0.39, 0.29) is 11.9 Å². The first-order chi connectivity index (χ1) is 9.24. The molecule has 2 aliphatic heterocycles. The van der Waals surface area contributed by atoms with E-state index in [1.165, 1.54) is 44.8 Å². The molecule has 2 nitrogen and oxygen atoms in total. The van der Waals surface area contributed by atoms with Crippen molar-refractivity contribution in [1.29, 1.82) is 0 Å². The van der Waals surface area contributed by atoms with Crippen molar-refractivity contribution in [2.75, 3.05) is 13.1 Å². The largest absolute Gasteiger partial charge is 0.306 e. The summed E-state index contributed by atoms with van der Waals surface area (Å²) in [5.41, 5.74) is 1.05. The molecule has 1 aromatic carbocycles. The SMILES string of the molecule is C[C@H](NC1CCN2CCCCC12)c1cccc(F)c1. The highest BCUT2D eigenvalue weighted by atomic mass is 19.1. The highest BCUT2D eigenvalue weighted by molar-refractivity contribution is 5.20. The summed E-state index contributed by atoms with van der Waals surface area (Å²) >= 11 is 0. The van der Waals surface area contributed by atoms with Gasteiger partial charge in [0.1, 0.15) is 5.82 Å². The average molecular weight is 262 g/mol. The molecular weight excluding hydrogens is 239 g/mol. The summed E-state index contributed by atoms with van der Waals surface area (Å²) in [6.07, 6.45) is 5.24. The molecule has 3 rings (SSSR count). The number of piperidine rings is 1. The van der Waals surface area contributed by atoms with Crippen LogP contribution >= 0.6 is 0 Å². The van der Waals surface area contributed by atoms with Crippen molar-refractivity contribution >= 4 is 0 Å². The third kappa shape index (κ3) is 2.82. The van der Waals surface area contributed by atoms with Crippen molar-refractivity contribution in [2.24, 2.45) is 0 Å². The van der Waals surface area contributed by atoms with E-state index < -0.39 is 0 Å². The summed E-state index contributed by atoms with van der Waals surface area (Å²) in [5.74, 6) is -0.142. The van der Waals surface area contributed by atoms with Crippen LogP contribution in [0.1, 0.15) is 44.2 Å². The quantitative estimate of drug-likeness (QED) is 0.900. The van der Waals surface area contributed by atoms with E-state index >= 15 is 0 Å². The van der Waals surface area contributed by atoms with Crippen molar-refractivity contribution in [3.8, 4) is 0 Å². The highest BCUT2D eigenvalue weighted by Crippen LogP contribution is 2.28. The van der Waals surface area contributed by atoms with Gasteiger partial charge in [-0.2, -0.15) is 0 Å². The first kappa shape index (κ1) is 13.1. The van der Waals surface area contributed by atoms with Gasteiger partial charge < -0.3 is 5.32 Å². The maximum absolute atomic E-state index is 13.3. The molecule has 0 spiro atoms. The van der Waals surface area contributed by atoms with Crippen molar-refractivity contribution in [1.82, 2.24) is 10.2 Å². The molecule has 2 fully saturated rings. The standard InChI is InChI=1S/C16H23FN2/c1-12(13-5-4-6-14(17)11-13)18-15-8-10-19-9-3-2-7-16(15)19/h4-6,11-12,15-16,18H,2-3,7-10H2,1H3/t12-,15?,16?/m0/s1. The molecule has 3 atom stereocenters. The third-order valence-corrected chi connectivity index (χ3v) is 4.67. The van der Waals surface area contributed by atoms with Crippen LogP contribution in [0.25, 0.3) is 0 Å². The molecule has 0 radical (unpaired) electrons. The summed E-state index contributed by atoms with van der Waals surface area (Å²) in [6, 6.07) is 8.45. The minimum atomic E-state index is -0.142. The van der Waals surface area contributed by atoms with Crippen molar-refractivity contribution in [2.45, 2.75) is 50.7 Å². The molecule has 0 saturated carbocycles. The maximum Gasteiger partial charge on any atom is 0.123 e. The third-order valence-electron chi connectivity index (χ3n) is 4.67. The van der Waals surface area contributed by atoms with Gasteiger partial charge in [0.05, 0.1) is 0 Å². The lowest BCUT2D eigenvalue weighted by atomic mass is 9.97. The van der Waals surface area contributed by atoms with Gasteiger partial charge >= 0.3 is 0 Å². The molecule has 0 bridgehead atoms. The van der Waals surface area contributed by atoms with Gasteiger partial charge in [-0.05, 0) is 50.4 Å². The molecule has 1 aromatic rings. The number of halogens is 1. The van der Waals surface area contributed by atoms with Crippen molar-refractivity contribution < 1.29 is 4.39 Å². The maximum atomic E-state index is 13.3. The second kappa shape index (κ2) is 5.59. The Hall–Kier alpha value is -0.930. The van der Waals surface area contributed by atoms with Gasteiger partial charge in [-0.15, -0.1) is 0 Å². The molecular formula is C16H23FN2. The lowest BCUT2D eigenvalue weighted by Crippen LogP contribution is -2.45. The van der Waals surface area contributed by atoms with Crippen LogP contribution in [0.2, 0.25) is 0 Å². The van der Waals surface area contributed by atoms with E-state index in [1.54, 1.807) is 12.1 Å². The Bertz CT molecular complexity index is 435. The minimum absolute atomic E-state index is 0.142. The molecule has 2 saturated heterocycles. The van der Waals surface area contributed by atoms with E-state index in [0.29, 0.717) is 12.1 Å². The Balaban J connectivity index is 1.65. The number of nitrogens with zero attached hydrogens (tertiary/aromatic N) is 1. The molecule has 0 aromatic heterocycles. The highest BCUT2D eigenvalue weighted by Gasteiger charge is 2.35. The Morgan fingerprint density at radius 3 is 3.00 bits per heavy atom. The topological polar surface area (TPSA) is 15.3 Å². The van der Waals surface area contributed by atoms with Gasteiger partial charge in [0.15, 0.2) is 0 Å². The Labute approximate surface area is 115 Å². The van der Waals surface area contributed by atoms with Gasteiger partial charge in [-0.1, -0.05) is 18.6 Å². The number of hydrogen-bond donors (Lipinski definition) is 1. The first-order valence-electron chi connectivity index (χ1n) is 7.49. The van der Waals surface area contributed by atoms with E-state index in [2.05, 4.69) is 17.1 Å². The van der Waals surface area contributed by atoms with Crippen LogP contribution in [0.5, 0.6) is 0 Å². The predicted molar refractivity (Wildman–Crippen MR) is 75.6 cm³/mol. The van der Waals surface area contributed by atoms with Crippen LogP contribution in [-0.4, -0.2) is 30.1 Å². The summed E-state index contributed by atoms with van der Waals surface area (Å²) in [6.45, 7) is 4.62. The number of nitrogens with one attached hydrogen (secondary N) is 1. The lowest BCUT2D eigenvalue weighted by Gasteiger charge is -2.34. The second-order valence-electron chi connectivity index (χ2n) is 5.94. The Morgan fingerprint density at radius 1 is 1.26 bits per heavy atom. The van der Waals surface area contributed by atoms with Gasteiger partial charge in [-0.3, -0.25) is 4.90 Å². The number of rotatable bonds is 3. The fourth-order valence-corrected chi connectivity index (χ4v) is 3.64. The van der Waals surface area contributed by atoms with E-state index in [1.807, 2.05) is 6.07 Å². The molecule has 3 heteroatoms. The lowest BCUT2D eigenvalue weighted by molar-refractivity contribution is 0.177. The van der Waals surface area contributed by atoms with E-state index in [4.69, 9.17) is 0 Å². The zero-order valence-electron chi connectivity index (χ0n) is 11.6. The molecule has 104 valence electrons. The molecule has 0 amide bonds. The van der Waals surface area contributed by atoms with Gasteiger partial charge in [0.25, 0.3) is 0 Å². The average Bonchev–Trinajstić information content (AvgIpc) is 2.82. The minimum Gasteiger partial charge on any atom is -0.306 e. The van der Waals surface area contributed by atoms with Gasteiger partial charge in [0, 0.05) is 24.7 Å². The summed E-state index contributed by atoms with van der Waals surface area (Å²) < 4.78 is 13.3. The van der Waals surface area contributed by atoms with Crippen LogP contribution in [0.3, 0.4) is 0 Å². The summed E-state index contributed by atoms with van der Waals surface area (Å²) in [4.78, 5) is 2.62. The van der Waals surface area contributed by atoms with Crippen LogP contribution < -0.4 is 5.32 Å². The smallest absolute Gasteiger partial charge is 0.123 e.